The summed E-state index contributed by atoms with van der Waals surface area (Å²) >= 11 is 3.03. The Hall–Kier alpha value is -2.42. The lowest BCUT2D eigenvalue weighted by atomic mass is 9.90. The molecule has 1 fully saturated rings. The van der Waals surface area contributed by atoms with Crippen LogP contribution in [0, 0.1) is 0 Å². The number of piperidine rings is 1. The van der Waals surface area contributed by atoms with Gasteiger partial charge in [-0.2, -0.15) is 0 Å². The molecule has 6 nitrogen and oxygen atoms in total. The molecule has 0 spiro atoms. The summed E-state index contributed by atoms with van der Waals surface area (Å²) in [5, 5.41) is 1.70. The van der Waals surface area contributed by atoms with Crippen LogP contribution in [0.15, 0.2) is 40.3 Å². The van der Waals surface area contributed by atoms with Crippen LogP contribution in [0.2, 0.25) is 0 Å². The number of thioether (sulfide) groups is 1. The van der Waals surface area contributed by atoms with Gasteiger partial charge in [0.05, 0.1) is 17.7 Å². The first-order chi connectivity index (χ1) is 16.5. The van der Waals surface area contributed by atoms with E-state index in [0.29, 0.717) is 16.5 Å². The molecule has 34 heavy (non-hydrogen) atoms. The number of benzene rings is 1. The number of nitrogens with one attached hydrogen (secondary N) is 1. The lowest BCUT2D eigenvalue weighted by Crippen LogP contribution is -2.36. The van der Waals surface area contributed by atoms with Crippen LogP contribution in [0.25, 0.3) is 20.4 Å². The van der Waals surface area contributed by atoms with Crippen molar-refractivity contribution in [3.8, 4) is 0 Å². The zero-order valence-electron chi connectivity index (χ0n) is 19.5. The van der Waals surface area contributed by atoms with Gasteiger partial charge >= 0.3 is 0 Å². The van der Waals surface area contributed by atoms with Gasteiger partial charge in [-0.25, -0.2) is 9.97 Å². The summed E-state index contributed by atoms with van der Waals surface area (Å²) in [6.07, 6.45) is 4.44. The monoisotopic (exact) mass is 492 g/mol. The van der Waals surface area contributed by atoms with Gasteiger partial charge in [-0.3, -0.25) is 4.79 Å². The van der Waals surface area contributed by atoms with E-state index in [1.54, 1.807) is 11.8 Å². The number of H-pyrrole nitrogens is 1. The average Bonchev–Trinajstić information content (AvgIpc) is 3.22. The molecule has 3 aromatic heterocycles. The fourth-order valence-electron chi connectivity index (χ4n) is 5.01. The van der Waals surface area contributed by atoms with Crippen molar-refractivity contribution >= 4 is 49.3 Å². The van der Waals surface area contributed by atoms with Crippen molar-refractivity contribution < 1.29 is 4.74 Å². The molecule has 4 aromatic rings. The first-order valence-corrected chi connectivity index (χ1v) is 13.7. The van der Waals surface area contributed by atoms with Crippen molar-refractivity contribution in [2.45, 2.75) is 62.6 Å². The molecule has 6 rings (SSSR count). The number of hydrogen-bond acceptors (Lipinski definition) is 7. The molecule has 0 radical (unpaired) electrons. The lowest BCUT2D eigenvalue weighted by molar-refractivity contribution is -0.0395. The van der Waals surface area contributed by atoms with Gasteiger partial charge in [-0.15, -0.1) is 11.3 Å². The number of thiophene rings is 1. The molecule has 1 N–H and O–H groups in total. The van der Waals surface area contributed by atoms with Crippen LogP contribution < -0.4 is 10.5 Å². The second-order valence-corrected chi connectivity index (χ2v) is 11.7. The quantitative estimate of drug-likeness (QED) is 0.292. The first-order valence-electron chi connectivity index (χ1n) is 11.9. The number of rotatable bonds is 4. The van der Waals surface area contributed by atoms with Crippen LogP contribution >= 0.6 is 23.1 Å². The Bertz CT molecular complexity index is 1420. The molecule has 0 bridgehead atoms. The van der Waals surface area contributed by atoms with Crippen LogP contribution in [-0.4, -0.2) is 33.6 Å². The smallest absolute Gasteiger partial charge is 0.269 e. The Labute approximate surface area is 206 Å². The highest BCUT2D eigenvalue weighted by Crippen LogP contribution is 2.42. The van der Waals surface area contributed by atoms with Gasteiger partial charge in [0.15, 0.2) is 5.16 Å². The zero-order chi connectivity index (χ0) is 23.3. The summed E-state index contributed by atoms with van der Waals surface area (Å²) in [6.45, 7) is 6.88. The normalized spacial score (nSPS) is 17.9. The summed E-state index contributed by atoms with van der Waals surface area (Å²) in [7, 11) is 0. The van der Waals surface area contributed by atoms with E-state index in [-0.39, 0.29) is 11.2 Å². The highest BCUT2D eigenvalue weighted by molar-refractivity contribution is 7.98. The van der Waals surface area contributed by atoms with Crippen LogP contribution in [0.1, 0.15) is 49.8 Å². The molecule has 2 aliphatic rings. The summed E-state index contributed by atoms with van der Waals surface area (Å²) in [4.78, 5) is 29.5. The van der Waals surface area contributed by atoms with E-state index in [2.05, 4.69) is 35.9 Å². The molecule has 0 amide bonds. The molecular weight excluding hydrogens is 464 g/mol. The first kappa shape index (κ1) is 22.1. The number of ether oxygens (including phenoxy) is 1. The van der Waals surface area contributed by atoms with Crippen molar-refractivity contribution in [1.82, 2.24) is 15.0 Å². The summed E-state index contributed by atoms with van der Waals surface area (Å²) < 4.78 is 6.90. The van der Waals surface area contributed by atoms with E-state index in [1.807, 2.05) is 18.2 Å². The SMILES string of the molecule is CC1(C)Cc2c(c(N3CCCCC3)nc3sc4c(=O)[nH]c(SCc5ccccc5)nc4c23)CO1. The number of anilines is 1. The van der Waals surface area contributed by atoms with Crippen molar-refractivity contribution in [3.63, 3.8) is 0 Å². The maximum Gasteiger partial charge on any atom is 0.269 e. The van der Waals surface area contributed by atoms with Crippen LogP contribution in [0.4, 0.5) is 5.82 Å². The second-order valence-electron chi connectivity index (χ2n) is 9.77. The molecular formula is C26H28N4O2S2. The van der Waals surface area contributed by atoms with Crippen molar-refractivity contribution in [2.24, 2.45) is 0 Å². The predicted molar refractivity (Wildman–Crippen MR) is 140 cm³/mol. The van der Waals surface area contributed by atoms with Gasteiger partial charge in [0.25, 0.3) is 5.56 Å². The van der Waals surface area contributed by atoms with Gasteiger partial charge in [0.2, 0.25) is 0 Å². The molecule has 2 aliphatic heterocycles. The molecule has 0 unspecified atom stereocenters. The number of pyridine rings is 1. The summed E-state index contributed by atoms with van der Waals surface area (Å²) in [5.74, 6) is 1.80. The van der Waals surface area contributed by atoms with Gasteiger partial charge in [0.1, 0.15) is 15.3 Å². The number of aromatic amines is 1. The van der Waals surface area contributed by atoms with E-state index in [1.165, 1.54) is 47.3 Å². The van der Waals surface area contributed by atoms with Crippen molar-refractivity contribution in [2.75, 3.05) is 18.0 Å². The molecule has 176 valence electrons. The van der Waals surface area contributed by atoms with E-state index in [0.717, 1.165) is 46.8 Å². The van der Waals surface area contributed by atoms with Crippen LogP contribution in [0.5, 0.6) is 0 Å². The van der Waals surface area contributed by atoms with Gasteiger partial charge in [-0.1, -0.05) is 42.1 Å². The summed E-state index contributed by atoms with van der Waals surface area (Å²) in [5.41, 5.74) is 4.07. The average molecular weight is 493 g/mol. The molecule has 1 aromatic carbocycles. The maximum absolute atomic E-state index is 13.1. The molecule has 8 heteroatoms. The minimum Gasteiger partial charge on any atom is -0.370 e. The fourth-order valence-corrected chi connectivity index (χ4v) is 6.86. The highest BCUT2D eigenvalue weighted by atomic mass is 32.2. The van der Waals surface area contributed by atoms with Crippen LogP contribution in [-0.2, 0) is 23.5 Å². The van der Waals surface area contributed by atoms with Crippen molar-refractivity contribution in [1.29, 1.82) is 0 Å². The highest BCUT2D eigenvalue weighted by Gasteiger charge is 2.33. The number of hydrogen-bond donors (Lipinski definition) is 1. The van der Waals surface area contributed by atoms with Crippen LogP contribution in [0.3, 0.4) is 0 Å². The van der Waals surface area contributed by atoms with E-state index < -0.39 is 0 Å². The number of nitrogens with zero attached hydrogens (tertiary/aromatic N) is 3. The molecule has 5 heterocycles. The molecule has 1 saturated heterocycles. The van der Waals surface area contributed by atoms with E-state index >= 15 is 0 Å². The Morgan fingerprint density at radius 1 is 1.12 bits per heavy atom. The lowest BCUT2D eigenvalue weighted by Gasteiger charge is -2.36. The van der Waals surface area contributed by atoms with Gasteiger partial charge < -0.3 is 14.6 Å². The minimum absolute atomic E-state index is 0.0804. The molecule has 0 aliphatic carbocycles. The topological polar surface area (TPSA) is 71.1 Å². The predicted octanol–water partition coefficient (Wildman–Crippen LogP) is 5.67. The van der Waals surface area contributed by atoms with E-state index in [9.17, 15) is 4.79 Å². The Morgan fingerprint density at radius 3 is 2.71 bits per heavy atom. The third-order valence-corrected chi connectivity index (χ3v) is 8.75. The minimum atomic E-state index is -0.263. The largest absolute Gasteiger partial charge is 0.370 e. The Kier molecular flexibility index (Phi) is 5.62. The molecule has 0 saturated carbocycles. The van der Waals surface area contributed by atoms with Gasteiger partial charge in [-0.05, 0) is 44.2 Å². The number of aromatic nitrogens is 3. The second kappa shape index (κ2) is 8.66. The Morgan fingerprint density at radius 2 is 1.91 bits per heavy atom. The Balaban J connectivity index is 1.51. The van der Waals surface area contributed by atoms with Gasteiger partial charge in [0, 0.05) is 36.2 Å². The zero-order valence-corrected chi connectivity index (χ0v) is 21.2. The third kappa shape index (κ3) is 4.01. The number of fused-ring (bicyclic) bond motifs is 5. The standard InChI is InChI=1S/C26H28N4O2S2/c1-26(2)13-17-18(14-32-26)22(30-11-7-4-8-12-30)28-24-19(17)20-21(34-24)23(31)29-25(27-20)33-15-16-9-5-3-6-10-16/h3,5-6,9-10H,4,7-8,11-15H2,1-2H3,(H,27,29,31). The summed E-state index contributed by atoms with van der Waals surface area (Å²) in [6, 6.07) is 10.3. The molecule has 0 atom stereocenters. The van der Waals surface area contributed by atoms with E-state index in [4.69, 9.17) is 14.7 Å². The van der Waals surface area contributed by atoms with Crippen molar-refractivity contribution in [3.05, 3.63) is 57.4 Å². The third-order valence-electron chi connectivity index (χ3n) is 6.73. The maximum atomic E-state index is 13.1. The fraction of sp³-hybridized carbons (Fsp3) is 0.423.